The first-order chi connectivity index (χ1) is 8.33. The highest BCUT2D eigenvalue weighted by Gasteiger charge is 2.35. The van der Waals surface area contributed by atoms with Crippen LogP contribution in [0.15, 0.2) is 0 Å². The van der Waals surface area contributed by atoms with Gasteiger partial charge in [-0.3, -0.25) is 0 Å². The van der Waals surface area contributed by atoms with Gasteiger partial charge in [-0.15, -0.1) is 0 Å². The standard InChI is InChI=1S/C16H29N/c1-12(13-5-2-3-6-13)17-16-8-4-7-15(11-16)14-9-10-14/h12-17H,2-11H2,1H3. The van der Waals surface area contributed by atoms with Crippen molar-refractivity contribution in [2.45, 2.75) is 83.2 Å². The highest BCUT2D eigenvalue weighted by molar-refractivity contribution is 4.89. The quantitative estimate of drug-likeness (QED) is 0.773. The van der Waals surface area contributed by atoms with Gasteiger partial charge in [0.2, 0.25) is 0 Å². The molecule has 17 heavy (non-hydrogen) atoms. The molecular formula is C16H29N. The third kappa shape index (κ3) is 3.05. The normalized spacial score (nSPS) is 37.2. The largest absolute Gasteiger partial charge is 0.311 e. The lowest BCUT2D eigenvalue weighted by atomic mass is 9.82. The number of rotatable bonds is 4. The Morgan fingerprint density at radius 2 is 1.59 bits per heavy atom. The average Bonchev–Trinajstić information content (AvgIpc) is 3.04. The van der Waals surface area contributed by atoms with Crippen LogP contribution in [0.4, 0.5) is 0 Å². The monoisotopic (exact) mass is 235 g/mol. The molecule has 0 aromatic rings. The van der Waals surface area contributed by atoms with Crippen molar-refractivity contribution in [3.8, 4) is 0 Å². The summed E-state index contributed by atoms with van der Waals surface area (Å²) in [5.74, 6) is 3.19. The van der Waals surface area contributed by atoms with E-state index in [4.69, 9.17) is 0 Å². The molecule has 0 radical (unpaired) electrons. The fraction of sp³-hybridized carbons (Fsp3) is 1.00. The summed E-state index contributed by atoms with van der Waals surface area (Å²) in [5.41, 5.74) is 0. The Labute approximate surface area is 107 Å². The van der Waals surface area contributed by atoms with Crippen LogP contribution in [0.5, 0.6) is 0 Å². The van der Waals surface area contributed by atoms with Crippen molar-refractivity contribution in [2.75, 3.05) is 0 Å². The molecule has 1 heteroatoms. The van der Waals surface area contributed by atoms with Crippen molar-refractivity contribution < 1.29 is 0 Å². The van der Waals surface area contributed by atoms with E-state index in [1.165, 1.54) is 64.2 Å². The van der Waals surface area contributed by atoms with Gasteiger partial charge in [0.25, 0.3) is 0 Å². The minimum Gasteiger partial charge on any atom is -0.311 e. The highest BCUT2D eigenvalue weighted by Crippen LogP contribution is 2.44. The molecule has 0 spiro atoms. The summed E-state index contributed by atoms with van der Waals surface area (Å²) in [6.45, 7) is 2.44. The smallest absolute Gasteiger partial charge is 0.00723 e. The van der Waals surface area contributed by atoms with Crippen LogP contribution in [0.1, 0.15) is 71.1 Å². The second kappa shape index (κ2) is 5.30. The molecule has 0 heterocycles. The average molecular weight is 235 g/mol. The fourth-order valence-corrected chi connectivity index (χ4v) is 4.34. The van der Waals surface area contributed by atoms with E-state index in [-0.39, 0.29) is 0 Å². The summed E-state index contributed by atoms with van der Waals surface area (Å²) in [5, 5.41) is 3.97. The lowest BCUT2D eigenvalue weighted by Crippen LogP contribution is -2.43. The predicted molar refractivity (Wildman–Crippen MR) is 73.0 cm³/mol. The first kappa shape index (κ1) is 12.0. The summed E-state index contributed by atoms with van der Waals surface area (Å²) >= 11 is 0. The van der Waals surface area contributed by atoms with Crippen LogP contribution in [0.2, 0.25) is 0 Å². The molecule has 3 saturated carbocycles. The first-order valence-electron chi connectivity index (χ1n) is 8.09. The molecule has 3 unspecified atom stereocenters. The Balaban J connectivity index is 1.46. The van der Waals surface area contributed by atoms with Gasteiger partial charge in [0, 0.05) is 12.1 Å². The first-order valence-corrected chi connectivity index (χ1v) is 8.09. The second-order valence-corrected chi connectivity index (χ2v) is 6.96. The summed E-state index contributed by atoms with van der Waals surface area (Å²) in [7, 11) is 0. The van der Waals surface area contributed by atoms with Crippen molar-refractivity contribution in [3.63, 3.8) is 0 Å². The van der Waals surface area contributed by atoms with E-state index in [1.807, 2.05) is 0 Å². The molecular weight excluding hydrogens is 206 g/mol. The van der Waals surface area contributed by atoms with Crippen LogP contribution < -0.4 is 5.32 Å². The Hall–Kier alpha value is -0.0400. The van der Waals surface area contributed by atoms with Gasteiger partial charge in [-0.25, -0.2) is 0 Å². The molecule has 3 atom stereocenters. The van der Waals surface area contributed by atoms with Crippen molar-refractivity contribution in [2.24, 2.45) is 17.8 Å². The van der Waals surface area contributed by atoms with Crippen molar-refractivity contribution >= 4 is 0 Å². The summed E-state index contributed by atoms with van der Waals surface area (Å²) in [4.78, 5) is 0. The fourth-order valence-electron chi connectivity index (χ4n) is 4.34. The third-order valence-electron chi connectivity index (χ3n) is 5.61. The van der Waals surface area contributed by atoms with Gasteiger partial charge in [0.05, 0.1) is 0 Å². The van der Waals surface area contributed by atoms with Gasteiger partial charge in [-0.2, -0.15) is 0 Å². The number of hydrogen-bond donors (Lipinski definition) is 1. The summed E-state index contributed by atoms with van der Waals surface area (Å²) < 4.78 is 0. The second-order valence-electron chi connectivity index (χ2n) is 6.96. The van der Waals surface area contributed by atoms with E-state index in [0.717, 1.165) is 29.8 Å². The van der Waals surface area contributed by atoms with E-state index in [9.17, 15) is 0 Å². The molecule has 1 N–H and O–H groups in total. The molecule has 0 saturated heterocycles. The molecule has 1 nitrogen and oxygen atoms in total. The zero-order valence-corrected chi connectivity index (χ0v) is 11.5. The van der Waals surface area contributed by atoms with Crippen LogP contribution in [-0.4, -0.2) is 12.1 Å². The lowest BCUT2D eigenvalue weighted by Gasteiger charge is -2.33. The zero-order valence-electron chi connectivity index (χ0n) is 11.5. The van der Waals surface area contributed by atoms with Gasteiger partial charge in [0.1, 0.15) is 0 Å². The van der Waals surface area contributed by atoms with Crippen LogP contribution in [0.3, 0.4) is 0 Å². The van der Waals surface area contributed by atoms with Gasteiger partial charge >= 0.3 is 0 Å². The summed E-state index contributed by atoms with van der Waals surface area (Å²) in [6.07, 6.45) is 14.9. The van der Waals surface area contributed by atoms with Crippen LogP contribution in [0.25, 0.3) is 0 Å². The molecule has 0 aliphatic heterocycles. The van der Waals surface area contributed by atoms with Gasteiger partial charge in [0.15, 0.2) is 0 Å². The van der Waals surface area contributed by atoms with Crippen molar-refractivity contribution in [3.05, 3.63) is 0 Å². The SMILES string of the molecule is CC(NC1CCCC(C2CC2)C1)C1CCCC1. The minimum absolute atomic E-state index is 0.778. The minimum atomic E-state index is 0.778. The van der Waals surface area contributed by atoms with Crippen molar-refractivity contribution in [1.82, 2.24) is 5.32 Å². The highest BCUT2D eigenvalue weighted by atomic mass is 15.0. The van der Waals surface area contributed by atoms with E-state index >= 15 is 0 Å². The molecule has 0 aromatic carbocycles. The van der Waals surface area contributed by atoms with Crippen LogP contribution in [0, 0.1) is 17.8 Å². The Morgan fingerprint density at radius 1 is 0.824 bits per heavy atom. The van der Waals surface area contributed by atoms with E-state index in [0.29, 0.717) is 0 Å². The topological polar surface area (TPSA) is 12.0 Å². The van der Waals surface area contributed by atoms with Gasteiger partial charge < -0.3 is 5.32 Å². The van der Waals surface area contributed by atoms with E-state index in [2.05, 4.69) is 12.2 Å². The maximum atomic E-state index is 3.97. The van der Waals surface area contributed by atoms with Crippen LogP contribution >= 0.6 is 0 Å². The molecule has 3 aliphatic carbocycles. The maximum absolute atomic E-state index is 3.97. The van der Waals surface area contributed by atoms with Crippen LogP contribution in [-0.2, 0) is 0 Å². The number of nitrogens with one attached hydrogen (secondary N) is 1. The van der Waals surface area contributed by atoms with Crippen molar-refractivity contribution in [1.29, 1.82) is 0 Å². The Kier molecular flexibility index (Phi) is 3.75. The zero-order chi connectivity index (χ0) is 11.7. The molecule has 98 valence electrons. The van der Waals surface area contributed by atoms with E-state index < -0.39 is 0 Å². The summed E-state index contributed by atoms with van der Waals surface area (Å²) in [6, 6.07) is 1.63. The van der Waals surface area contributed by atoms with Gasteiger partial charge in [-0.1, -0.05) is 25.7 Å². The molecule has 3 rings (SSSR count). The Bertz CT molecular complexity index is 240. The third-order valence-corrected chi connectivity index (χ3v) is 5.61. The number of hydrogen-bond acceptors (Lipinski definition) is 1. The lowest BCUT2D eigenvalue weighted by molar-refractivity contribution is 0.230. The molecule has 3 fully saturated rings. The molecule has 0 aromatic heterocycles. The van der Waals surface area contributed by atoms with E-state index in [1.54, 1.807) is 0 Å². The molecule has 0 amide bonds. The molecule has 3 aliphatic rings. The van der Waals surface area contributed by atoms with Gasteiger partial charge in [-0.05, 0) is 63.2 Å². The maximum Gasteiger partial charge on any atom is 0.00723 e. The Morgan fingerprint density at radius 3 is 2.29 bits per heavy atom. The molecule has 0 bridgehead atoms. The predicted octanol–water partition coefficient (Wildman–Crippen LogP) is 4.12.